The molecule has 4 nitrogen and oxygen atoms in total. The first kappa shape index (κ1) is 17.5. The molecule has 0 spiro atoms. The van der Waals surface area contributed by atoms with Crippen LogP contribution in [-0.4, -0.2) is 16.5 Å². The maximum Gasteiger partial charge on any atom is 0.416 e. The molecule has 0 aromatic heterocycles. The molecule has 1 aliphatic rings. The van der Waals surface area contributed by atoms with Crippen molar-refractivity contribution in [3.8, 4) is 0 Å². The van der Waals surface area contributed by atoms with Crippen molar-refractivity contribution < 1.29 is 18.1 Å². The molecule has 0 aliphatic heterocycles. The molecule has 8 heteroatoms. The number of nitrogens with two attached hydrogens (primary N) is 1. The molecule has 1 aromatic carbocycles. The molecule has 0 saturated carbocycles. The highest BCUT2D eigenvalue weighted by Gasteiger charge is 2.53. The van der Waals surface area contributed by atoms with Crippen LogP contribution in [0.5, 0.6) is 0 Å². The molecule has 3 unspecified atom stereocenters. The first-order chi connectivity index (χ1) is 10.6. The van der Waals surface area contributed by atoms with E-state index >= 15 is 0 Å². The Bertz CT molecular complexity index is 688. The number of allylic oxidation sites excluding steroid dienone is 2. The molecule has 1 aliphatic carbocycles. The molecule has 124 valence electrons. The predicted molar refractivity (Wildman–Crippen MR) is 80.8 cm³/mol. The van der Waals surface area contributed by atoms with Crippen LogP contribution in [0.3, 0.4) is 0 Å². The summed E-state index contributed by atoms with van der Waals surface area (Å²) < 4.78 is 39.9. The van der Waals surface area contributed by atoms with Gasteiger partial charge in [-0.2, -0.15) is 13.2 Å². The Balaban J connectivity index is 2.64. The van der Waals surface area contributed by atoms with E-state index < -0.39 is 34.2 Å². The van der Waals surface area contributed by atoms with Gasteiger partial charge < -0.3 is 5.73 Å². The zero-order valence-corrected chi connectivity index (χ0v) is 12.8. The Kier molecular flexibility index (Phi) is 4.54. The van der Waals surface area contributed by atoms with E-state index in [4.69, 9.17) is 17.3 Å². The number of nitrogens with zero attached hydrogens (tertiary/aromatic N) is 1. The summed E-state index contributed by atoms with van der Waals surface area (Å²) in [6.07, 6.45) is 0.932. The number of halogens is 4. The molecule has 0 amide bonds. The van der Waals surface area contributed by atoms with Gasteiger partial charge in [0.05, 0.1) is 17.5 Å². The first-order valence-corrected chi connectivity index (χ1v) is 7.11. The summed E-state index contributed by atoms with van der Waals surface area (Å²) in [6.45, 7) is 1.37. The number of nitro groups is 1. The van der Waals surface area contributed by atoms with Gasteiger partial charge in [0.1, 0.15) is 0 Å². The fraction of sp³-hybridized carbons (Fsp3) is 0.333. The molecule has 0 bridgehead atoms. The third kappa shape index (κ3) is 2.98. The van der Waals surface area contributed by atoms with E-state index in [0.29, 0.717) is 0 Å². The zero-order valence-electron chi connectivity index (χ0n) is 12.0. The van der Waals surface area contributed by atoms with Gasteiger partial charge in [-0.1, -0.05) is 42.8 Å². The molecular formula is C15H14ClF3N2O2. The van der Waals surface area contributed by atoms with Gasteiger partial charge in [-0.25, -0.2) is 0 Å². The molecular weight excluding hydrogens is 333 g/mol. The van der Waals surface area contributed by atoms with E-state index in [1.807, 2.05) is 0 Å². The zero-order chi connectivity index (χ0) is 17.4. The number of rotatable bonds is 3. The largest absolute Gasteiger partial charge is 0.416 e. The van der Waals surface area contributed by atoms with Crippen molar-refractivity contribution in [2.24, 2.45) is 5.73 Å². The van der Waals surface area contributed by atoms with Crippen LogP contribution in [0.2, 0.25) is 5.02 Å². The lowest BCUT2D eigenvalue weighted by atomic mass is 9.73. The SMILES string of the molecule is CC(c1ccc(Cl)cc1C(F)(F)F)C1([N+](=O)[O-])C=CC=CC1N. The van der Waals surface area contributed by atoms with E-state index in [2.05, 4.69) is 0 Å². The predicted octanol–water partition coefficient (Wildman–Crippen LogP) is 3.93. The molecule has 0 fully saturated rings. The second-order valence-electron chi connectivity index (χ2n) is 5.37. The summed E-state index contributed by atoms with van der Waals surface area (Å²) in [7, 11) is 0. The summed E-state index contributed by atoms with van der Waals surface area (Å²) in [5, 5.41) is 11.6. The van der Waals surface area contributed by atoms with Gasteiger partial charge in [0.15, 0.2) is 0 Å². The van der Waals surface area contributed by atoms with Gasteiger partial charge in [0, 0.05) is 9.95 Å². The minimum absolute atomic E-state index is 0.0909. The van der Waals surface area contributed by atoms with Crippen LogP contribution < -0.4 is 5.73 Å². The van der Waals surface area contributed by atoms with Crippen molar-refractivity contribution in [1.29, 1.82) is 0 Å². The van der Waals surface area contributed by atoms with Gasteiger partial charge >= 0.3 is 6.18 Å². The summed E-state index contributed by atoms with van der Waals surface area (Å²) >= 11 is 5.66. The Labute approximate surface area is 135 Å². The van der Waals surface area contributed by atoms with Crippen LogP contribution in [0.15, 0.2) is 42.5 Å². The third-order valence-corrected chi connectivity index (χ3v) is 4.36. The van der Waals surface area contributed by atoms with E-state index in [1.165, 1.54) is 43.4 Å². The normalized spacial score (nSPS) is 25.4. The van der Waals surface area contributed by atoms with Crippen molar-refractivity contribution >= 4 is 11.6 Å². The minimum atomic E-state index is -4.68. The fourth-order valence-corrected chi connectivity index (χ4v) is 3.01. The number of alkyl halides is 3. The molecule has 0 saturated heterocycles. The first-order valence-electron chi connectivity index (χ1n) is 6.73. The molecule has 1 aromatic rings. The average molecular weight is 347 g/mol. The van der Waals surface area contributed by atoms with Crippen LogP contribution in [0.4, 0.5) is 13.2 Å². The second kappa shape index (κ2) is 5.98. The number of benzene rings is 1. The lowest BCUT2D eigenvalue weighted by Gasteiger charge is -2.34. The smallest absolute Gasteiger partial charge is 0.318 e. The molecule has 3 atom stereocenters. The topological polar surface area (TPSA) is 69.2 Å². The summed E-state index contributed by atoms with van der Waals surface area (Å²) in [5.74, 6) is -1.11. The van der Waals surface area contributed by atoms with E-state index in [-0.39, 0.29) is 10.6 Å². The van der Waals surface area contributed by atoms with Gasteiger partial charge in [0.25, 0.3) is 5.54 Å². The van der Waals surface area contributed by atoms with Crippen molar-refractivity contribution in [3.05, 3.63) is 68.8 Å². The van der Waals surface area contributed by atoms with Gasteiger partial charge in [0.2, 0.25) is 0 Å². The summed E-state index contributed by atoms with van der Waals surface area (Å²) in [6, 6.07) is 2.17. The molecule has 0 heterocycles. The third-order valence-electron chi connectivity index (χ3n) is 4.12. The lowest BCUT2D eigenvalue weighted by molar-refractivity contribution is -0.561. The van der Waals surface area contributed by atoms with Crippen LogP contribution >= 0.6 is 11.6 Å². The Morgan fingerprint density at radius 2 is 2.04 bits per heavy atom. The van der Waals surface area contributed by atoms with Gasteiger partial charge in [-0.05, 0) is 23.8 Å². The monoisotopic (exact) mass is 346 g/mol. The van der Waals surface area contributed by atoms with Crippen molar-refractivity contribution in [3.63, 3.8) is 0 Å². The van der Waals surface area contributed by atoms with Crippen LogP contribution in [0.1, 0.15) is 24.0 Å². The van der Waals surface area contributed by atoms with Crippen molar-refractivity contribution in [2.45, 2.75) is 30.6 Å². The lowest BCUT2D eigenvalue weighted by Crippen LogP contribution is -2.56. The highest BCUT2D eigenvalue weighted by Crippen LogP contribution is 2.43. The summed E-state index contributed by atoms with van der Waals surface area (Å²) in [5.41, 5.74) is 2.79. The quantitative estimate of drug-likeness (QED) is 0.666. The van der Waals surface area contributed by atoms with Gasteiger partial charge in [-0.3, -0.25) is 10.1 Å². The standard InChI is InChI=1S/C15H14ClF3N2O2/c1-9(14(21(22)23)7-3-2-4-13(14)20)11-6-5-10(16)8-12(11)15(17,18)19/h2-9,13H,20H2,1H3. The highest BCUT2D eigenvalue weighted by atomic mass is 35.5. The van der Waals surface area contributed by atoms with Crippen molar-refractivity contribution in [1.82, 2.24) is 0 Å². The van der Waals surface area contributed by atoms with Crippen LogP contribution in [-0.2, 0) is 6.18 Å². The maximum absolute atomic E-state index is 13.3. The van der Waals surface area contributed by atoms with Crippen molar-refractivity contribution in [2.75, 3.05) is 0 Å². The van der Waals surface area contributed by atoms with Gasteiger partial charge in [-0.15, -0.1) is 0 Å². The van der Waals surface area contributed by atoms with Crippen LogP contribution in [0, 0.1) is 10.1 Å². The van der Waals surface area contributed by atoms with E-state index in [0.717, 1.165) is 6.07 Å². The van der Waals surface area contributed by atoms with E-state index in [9.17, 15) is 23.3 Å². The Morgan fingerprint density at radius 1 is 1.39 bits per heavy atom. The molecule has 2 rings (SSSR count). The highest BCUT2D eigenvalue weighted by molar-refractivity contribution is 6.30. The molecule has 23 heavy (non-hydrogen) atoms. The average Bonchev–Trinajstić information content (AvgIpc) is 2.46. The number of hydrogen-bond acceptors (Lipinski definition) is 3. The maximum atomic E-state index is 13.3. The van der Waals surface area contributed by atoms with Crippen LogP contribution in [0.25, 0.3) is 0 Å². The molecule has 0 radical (unpaired) electrons. The molecule has 2 N–H and O–H groups in total. The number of hydrogen-bond donors (Lipinski definition) is 1. The van der Waals surface area contributed by atoms with E-state index in [1.54, 1.807) is 0 Å². The Hall–Kier alpha value is -1.86. The second-order valence-corrected chi connectivity index (χ2v) is 5.80. The summed E-state index contributed by atoms with van der Waals surface area (Å²) in [4.78, 5) is 11.0. The minimum Gasteiger partial charge on any atom is -0.318 e. The fourth-order valence-electron chi connectivity index (χ4n) is 2.83. The Morgan fingerprint density at radius 3 is 2.57 bits per heavy atom.